The number of nitrogens with zero attached hydrogens (tertiary/aromatic N) is 2. The van der Waals surface area contributed by atoms with Crippen LogP contribution in [0, 0.1) is 0 Å². The van der Waals surface area contributed by atoms with E-state index in [0.717, 1.165) is 12.6 Å². The fourth-order valence-corrected chi connectivity index (χ4v) is 1.72. The highest BCUT2D eigenvalue weighted by Crippen LogP contribution is 2.09. The smallest absolute Gasteiger partial charge is 0.0489 e. The maximum Gasteiger partial charge on any atom is 0.0489 e. The zero-order valence-electron chi connectivity index (χ0n) is 7.24. The van der Waals surface area contributed by atoms with Gasteiger partial charge in [0.15, 0.2) is 0 Å². The van der Waals surface area contributed by atoms with Crippen LogP contribution in [-0.4, -0.2) is 22.4 Å². The molecule has 1 saturated heterocycles. The van der Waals surface area contributed by atoms with Gasteiger partial charge in [0.25, 0.3) is 0 Å². The Balaban J connectivity index is 1.74. The first-order valence-corrected chi connectivity index (χ1v) is 4.66. The molecule has 1 aromatic heterocycles. The van der Waals surface area contributed by atoms with Crippen molar-refractivity contribution in [2.45, 2.75) is 31.8 Å². The monoisotopic (exact) mass is 165 g/mol. The molecule has 1 aliphatic heterocycles. The lowest BCUT2D eigenvalue weighted by Gasteiger charge is -2.08. The molecule has 0 bridgehead atoms. The van der Waals surface area contributed by atoms with E-state index in [4.69, 9.17) is 0 Å². The lowest BCUT2D eigenvalue weighted by atomic mass is 10.2. The molecule has 0 aliphatic carbocycles. The van der Waals surface area contributed by atoms with Crippen LogP contribution in [0.25, 0.3) is 0 Å². The SMILES string of the molecule is c1cnn(CCC2CCCN2)c1. The second-order valence-electron chi connectivity index (χ2n) is 3.35. The second-order valence-corrected chi connectivity index (χ2v) is 3.35. The Morgan fingerprint density at radius 3 is 3.25 bits per heavy atom. The Hall–Kier alpha value is -0.830. The molecule has 0 radical (unpaired) electrons. The van der Waals surface area contributed by atoms with E-state index >= 15 is 0 Å². The Kier molecular flexibility index (Phi) is 2.42. The van der Waals surface area contributed by atoms with Crippen molar-refractivity contribution in [2.75, 3.05) is 6.54 Å². The summed E-state index contributed by atoms with van der Waals surface area (Å²) in [5, 5.41) is 7.64. The van der Waals surface area contributed by atoms with Crippen molar-refractivity contribution < 1.29 is 0 Å². The molecule has 0 saturated carbocycles. The van der Waals surface area contributed by atoms with Crippen LogP contribution in [0.5, 0.6) is 0 Å². The van der Waals surface area contributed by atoms with E-state index in [9.17, 15) is 0 Å². The van der Waals surface area contributed by atoms with E-state index in [2.05, 4.69) is 10.4 Å². The minimum atomic E-state index is 0.731. The highest BCUT2D eigenvalue weighted by Gasteiger charge is 2.12. The van der Waals surface area contributed by atoms with Gasteiger partial charge < -0.3 is 5.32 Å². The van der Waals surface area contributed by atoms with Crippen LogP contribution in [-0.2, 0) is 6.54 Å². The van der Waals surface area contributed by atoms with Gasteiger partial charge in [-0.2, -0.15) is 5.10 Å². The number of aromatic nitrogens is 2. The zero-order chi connectivity index (χ0) is 8.23. The van der Waals surface area contributed by atoms with E-state index in [1.54, 1.807) is 0 Å². The van der Waals surface area contributed by atoms with Gasteiger partial charge in [0.05, 0.1) is 0 Å². The Morgan fingerprint density at radius 1 is 1.58 bits per heavy atom. The second kappa shape index (κ2) is 3.72. The predicted octanol–water partition coefficient (Wildman–Crippen LogP) is 1.03. The maximum absolute atomic E-state index is 4.17. The number of aryl methyl sites for hydroxylation is 1. The van der Waals surface area contributed by atoms with Gasteiger partial charge in [0.2, 0.25) is 0 Å². The summed E-state index contributed by atoms with van der Waals surface area (Å²) < 4.78 is 2.00. The van der Waals surface area contributed by atoms with Crippen molar-refractivity contribution in [3.05, 3.63) is 18.5 Å². The largest absolute Gasteiger partial charge is 0.314 e. The van der Waals surface area contributed by atoms with Crippen LogP contribution in [0.3, 0.4) is 0 Å². The molecule has 1 unspecified atom stereocenters. The summed E-state index contributed by atoms with van der Waals surface area (Å²) in [5.41, 5.74) is 0. The molecule has 66 valence electrons. The third kappa shape index (κ3) is 1.85. The lowest BCUT2D eigenvalue weighted by Crippen LogP contribution is -2.22. The highest BCUT2D eigenvalue weighted by atomic mass is 15.3. The molecule has 1 atom stereocenters. The first-order chi connectivity index (χ1) is 5.95. The normalized spacial score (nSPS) is 23.2. The van der Waals surface area contributed by atoms with Crippen LogP contribution < -0.4 is 5.32 Å². The van der Waals surface area contributed by atoms with Crippen molar-refractivity contribution in [3.8, 4) is 0 Å². The lowest BCUT2D eigenvalue weighted by molar-refractivity contribution is 0.481. The van der Waals surface area contributed by atoms with E-state index in [1.165, 1.54) is 25.8 Å². The van der Waals surface area contributed by atoms with Crippen molar-refractivity contribution in [1.29, 1.82) is 0 Å². The molecule has 1 fully saturated rings. The summed E-state index contributed by atoms with van der Waals surface area (Å²) in [4.78, 5) is 0. The summed E-state index contributed by atoms with van der Waals surface area (Å²) in [7, 11) is 0. The molecular formula is C9H15N3. The summed E-state index contributed by atoms with van der Waals surface area (Å²) in [5.74, 6) is 0. The molecule has 0 aromatic carbocycles. The van der Waals surface area contributed by atoms with Gasteiger partial charge >= 0.3 is 0 Å². The van der Waals surface area contributed by atoms with Gasteiger partial charge in [-0.25, -0.2) is 0 Å². The summed E-state index contributed by atoms with van der Waals surface area (Å²) in [6.45, 7) is 2.24. The van der Waals surface area contributed by atoms with Gasteiger partial charge in [-0.05, 0) is 31.9 Å². The van der Waals surface area contributed by atoms with Crippen LogP contribution in [0.4, 0.5) is 0 Å². The minimum Gasteiger partial charge on any atom is -0.314 e. The van der Waals surface area contributed by atoms with Gasteiger partial charge in [-0.1, -0.05) is 0 Å². The highest BCUT2D eigenvalue weighted by molar-refractivity contribution is 4.79. The predicted molar refractivity (Wildman–Crippen MR) is 47.9 cm³/mol. The average molecular weight is 165 g/mol. The van der Waals surface area contributed by atoms with E-state index in [-0.39, 0.29) is 0 Å². The Bertz CT molecular complexity index is 212. The van der Waals surface area contributed by atoms with Crippen LogP contribution in [0.1, 0.15) is 19.3 Å². The standard InChI is InChI=1S/C9H15N3/c1-3-9(10-5-1)4-8-12-7-2-6-11-12/h2,6-7,9-10H,1,3-5,8H2. The molecule has 3 heteroatoms. The molecule has 1 aliphatic rings. The quantitative estimate of drug-likeness (QED) is 0.725. The van der Waals surface area contributed by atoms with Crippen molar-refractivity contribution in [1.82, 2.24) is 15.1 Å². The van der Waals surface area contributed by atoms with E-state index in [0.29, 0.717) is 0 Å². The van der Waals surface area contributed by atoms with Gasteiger partial charge in [0, 0.05) is 25.0 Å². The Morgan fingerprint density at radius 2 is 2.58 bits per heavy atom. The van der Waals surface area contributed by atoms with E-state index < -0.39 is 0 Å². The van der Waals surface area contributed by atoms with Gasteiger partial charge in [-0.3, -0.25) is 4.68 Å². The number of hydrogen-bond donors (Lipinski definition) is 1. The van der Waals surface area contributed by atoms with Crippen molar-refractivity contribution in [3.63, 3.8) is 0 Å². The minimum absolute atomic E-state index is 0.731. The third-order valence-electron chi connectivity index (χ3n) is 2.43. The van der Waals surface area contributed by atoms with Crippen LogP contribution in [0.2, 0.25) is 0 Å². The third-order valence-corrected chi connectivity index (χ3v) is 2.43. The first-order valence-electron chi connectivity index (χ1n) is 4.66. The van der Waals surface area contributed by atoms with Gasteiger partial charge in [0.1, 0.15) is 0 Å². The summed E-state index contributed by atoms with van der Waals surface area (Å²) in [6.07, 6.45) is 7.74. The van der Waals surface area contributed by atoms with E-state index in [1.807, 2.05) is 23.1 Å². The zero-order valence-corrected chi connectivity index (χ0v) is 7.24. The number of rotatable bonds is 3. The molecule has 0 spiro atoms. The molecule has 1 aromatic rings. The molecule has 12 heavy (non-hydrogen) atoms. The molecule has 2 rings (SSSR count). The molecule has 0 amide bonds. The summed E-state index contributed by atoms with van der Waals surface area (Å²) in [6, 6.07) is 2.71. The molecule has 3 nitrogen and oxygen atoms in total. The van der Waals surface area contributed by atoms with Crippen molar-refractivity contribution in [2.24, 2.45) is 0 Å². The average Bonchev–Trinajstić information content (AvgIpc) is 2.74. The summed E-state index contributed by atoms with van der Waals surface area (Å²) >= 11 is 0. The molecular weight excluding hydrogens is 150 g/mol. The maximum atomic E-state index is 4.17. The molecule has 1 N–H and O–H groups in total. The molecule has 2 heterocycles. The first kappa shape index (κ1) is 7.80. The topological polar surface area (TPSA) is 29.9 Å². The Labute approximate surface area is 72.8 Å². The number of nitrogens with one attached hydrogen (secondary N) is 1. The van der Waals surface area contributed by atoms with Crippen LogP contribution in [0.15, 0.2) is 18.5 Å². The van der Waals surface area contributed by atoms with Crippen molar-refractivity contribution >= 4 is 0 Å². The van der Waals surface area contributed by atoms with Crippen LogP contribution >= 0.6 is 0 Å². The fourth-order valence-electron chi connectivity index (χ4n) is 1.72. The van der Waals surface area contributed by atoms with Gasteiger partial charge in [-0.15, -0.1) is 0 Å². The number of hydrogen-bond acceptors (Lipinski definition) is 2. The fraction of sp³-hybridized carbons (Fsp3) is 0.667.